The molecule has 1 unspecified atom stereocenters. The van der Waals surface area contributed by atoms with Gasteiger partial charge in [0, 0.05) is 16.4 Å². The minimum absolute atomic E-state index is 0.252. The molecule has 0 bridgehead atoms. The number of carbonyl (C=O) groups excluding carboxylic acids is 1. The first-order valence-electron chi connectivity index (χ1n) is 8.30. The molecule has 0 saturated heterocycles. The number of hydrogen-bond acceptors (Lipinski definition) is 4. The molecule has 0 radical (unpaired) electrons. The van der Waals surface area contributed by atoms with E-state index in [0.29, 0.717) is 0 Å². The molecule has 1 amide bonds. The van der Waals surface area contributed by atoms with Crippen LogP contribution in [0.1, 0.15) is 44.4 Å². The van der Waals surface area contributed by atoms with E-state index < -0.39 is 11.7 Å². The third-order valence-corrected chi connectivity index (χ3v) is 4.35. The Hall–Kier alpha value is -2.08. The van der Waals surface area contributed by atoms with Crippen LogP contribution in [0.2, 0.25) is 0 Å². The van der Waals surface area contributed by atoms with E-state index in [1.807, 2.05) is 45.2 Å². The van der Waals surface area contributed by atoms with Crippen molar-refractivity contribution in [2.24, 2.45) is 0 Å². The van der Waals surface area contributed by atoms with Crippen LogP contribution in [0.3, 0.4) is 0 Å². The van der Waals surface area contributed by atoms with Crippen LogP contribution in [0, 0.1) is 0 Å². The second kappa shape index (κ2) is 7.04. The SMILES string of the molecule is CC(C)(C)OC(=O)Nc1ccc2c(c1)CCC2Nc1cncc(Br)c1. The first-order valence-corrected chi connectivity index (χ1v) is 9.09. The molecule has 0 aliphatic heterocycles. The van der Waals surface area contributed by atoms with Crippen LogP contribution in [0.15, 0.2) is 41.1 Å². The summed E-state index contributed by atoms with van der Waals surface area (Å²) < 4.78 is 6.25. The number of pyridine rings is 1. The molecule has 1 aromatic heterocycles. The molecule has 1 heterocycles. The molecule has 1 atom stereocenters. The number of anilines is 2. The summed E-state index contributed by atoms with van der Waals surface area (Å²) in [4.78, 5) is 16.1. The molecule has 3 rings (SSSR count). The van der Waals surface area contributed by atoms with Crippen molar-refractivity contribution in [3.8, 4) is 0 Å². The highest BCUT2D eigenvalue weighted by atomic mass is 79.9. The summed E-state index contributed by atoms with van der Waals surface area (Å²) in [6.07, 6.45) is 5.14. The first-order chi connectivity index (χ1) is 11.8. The number of amides is 1. The Labute approximate surface area is 156 Å². The van der Waals surface area contributed by atoms with Gasteiger partial charge in [-0.25, -0.2) is 4.79 Å². The van der Waals surface area contributed by atoms with Gasteiger partial charge in [-0.15, -0.1) is 0 Å². The van der Waals surface area contributed by atoms with Gasteiger partial charge in [-0.2, -0.15) is 0 Å². The molecule has 0 saturated carbocycles. The molecule has 6 heteroatoms. The van der Waals surface area contributed by atoms with E-state index in [-0.39, 0.29) is 6.04 Å². The summed E-state index contributed by atoms with van der Waals surface area (Å²) in [5.41, 5.74) is 3.75. The van der Waals surface area contributed by atoms with Gasteiger partial charge < -0.3 is 10.1 Å². The van der Waals surface area contributed by atoms with Gasteiger partial charge in [-0.05, 0) is 78.9 Å². The summed E-state index contributed by atoms with van der Waals surface area (Å²) in [5, 5.41) is 6.33. The maximum Gasteiger partial charge on any atom is 0.412 e. The fraction of sp³-hybridized carbons (Fsp3) is 0.368. The molecule has 1 aliphatic rings. The Bertz CT molecular complexity index is 786. The van der Waals surface area contributed by atoms with Crippen LogP contribution < -0.4 is 10.6 Å². The molecule has 132 valence electrons. The maximum atomic E-state index is 11.9. The first kappa shape index (κ1) is 17.7. The fourth-order valence-corrected chi connectivity index (χ4v) is 3.32. The number of fused-ring (bicyclic) bond motifs is 1. The van der Waals surface area contributed by atoms with E-state index in [4.69, 9.17) is 4.74 Å². The average Bonchev–Trinajstić information content (AvgIpc) is 2.87. The van der Waals surface area contributed by atoms with Crippen molar-refractivity contribution in [2.75, 3.05) is 10.6 Å². The molecule has 1 aliphatic carbocycles. The number of ether oxygens (including phenoxy) is 1. The molecule has 0 fully saturated rings. The van der Waals surface area contributed by atoms with Crippen LogP contribution in [-0.4, -0.2) is 16.7 Å². The normalized spacial score (nSPS) is 16.2. The van der Waals surface area contributed by atoms with Crippen LogP contribution in [-0.2, 0) is 11.2 Å². The molecular formula is C19H22BrN3O2. The highest BCUT2D eigenvalue weighted by Gasteiger charge is 2.23. The van der Waals surface area contributed by atoms with Gasteiger partial charge in [0.15, 0.2) is 0 Å². The minimum atomic E-state index is -0.506. The molecule has 0 spiro atoms. The number of hydrogen-bond donors (Lipinski definition) is 2. The van der Waals surface area contributed by atoms with Crippen molar-refractivity contribution < 1.29 is 9.53 Å². The smallest absolute Gasteiger partial charge is 0.412 e. The molecular weight excluding hydrogens is 382 g/mol. The summed E-state index contributed by atoms with van der Waals surface area (Å²) in [6, 6.07) is 8.28. The lowest BCUT2D eigenvalue weighted by atomic mass is 10.1. The maximum absolute atomic E-state index is 11.9. The quantitative estimate of drug-likeness (QED) is 0.730. The third-order valence-electron chi connectivity index (χ3n) is 3.91. The molecule has 2 N–H and O–H groups in total. The second-order valence-electron chi connectivity index (χ2n) is 7.17. The van der Waals surface area contributed by atoms with Crippen molar-refractivity contribution in [2.45, 2.75) is 45.3 Å². The predicted molar refractivity (Wildman–Crippen MR) is 103 cm³/mol. The number of benzene rings is 1. The van der Waals surface area contributed by atoms with Crippen LogP contribution in [0.4, 0.5) is 16.2 Å². The summed E-state index contributed by atoms with van der Waals surface area (Å²) in [6.45, 7) is 5.55. The number of carbonyl (C=O) groups is 1. The number of nitrogens with zero attached hydrogens (tertiary/aromatic N) is 1. The van der Waals surface area contributed by atoms with Crippen molar-refractivity contribution in [3.05, 3.63) is 52.3 Å². The lowest BCUT2D eigenvalue weighted by Crippen LogP contribution is -2.27. The highest BCUT2D eigenvalue weighted by Crippen LogP contribution is 2.35. The number of rotatable bonds is 3. The van der Waals surface area contributed by atoms with Crippen LogP contribution >= 0.6 is 15.9 Å². The summed E-state index contributed by atoms with van der Waals surface area (Å²) >= 11 is 3.44. The zero-order chi connectivity index (χ0) is 18.0. The number of nitrogens with one attached hydrogen (secondary N) is 2. The Morgan fingerprint density at radius 3 is 2.76 bits per heavy atom. The zero-order valence-electron chi connectivity index (χ0n) is 14.6. The van der Waals surface area contributed by atoms with Crippen molar-refractivity contribution in [1.29, 1.82) is 0 Å². The molecule has 5 nitrogen and oxygen atoms in total. The molecule has 2 aromatic rings. The van der Waals surface area contributed by atoms with Gasteiger partial charge in [0.1, 0.15) is 5.60 Å². The lowest BCUT2D eigenvalue weighted by molar-refractivity contribution is 0.0636. The number of aromatic nitrogens is 1. The van der Waals surface area contributed by atoms with Gasteiger partial charge in [-0.1, -0.05) is 6.07 Å². The van der Waals surface area contributed by atoms with Crippen LogP contribution in [0.25, 0.3) is 0 Å². The Balaban J connectivity index is 1.69. The Morgan fingerprint density at radius 2 is 2.04 bits per heavy atom. The average molecular weight is 404 g/mol. The Morgan fingerprint density at radius 1 is 1.24 bits per heavy atom. The van der Waals surface area contributed by atoms with Crippen molar-refractivity contribution >= 4 is 33.4 Å². The zero-order valence-corrected chi connectivity index (χ0v) is 16.2. The Kier molecular flexibility index (Phi) is 4.99. The van der Waals surface area contributed by atoms with E-state index in [1.54, 1.807) is 6.20 Å². The monoisotopic (exact) mass is 403 g/mol. The fourth-order valence-electron chi connectivity index (χ4n) is 2.96. The summed E-state index contributed by atoms with van der Waals surface area (Å²) in [7, 11) is 0. The lowest BCUT2D eigenvalue weighted by Gasteiger charge is -2.20. The number of halogens is 1. The largest absolute Gasteiger partial charge is 0.444 e. The van der Waals surface area contributed by atoms with E-state index in [0.717, 1.165) is 28.7 Å². The van der Waals surface area contributed by atoms with E-state index >= 15 is 0 Å². The van der Waals surface area contributed by atoms with Crippen LogP contribution in [0.5, 0.6) is 0 Å². The van der Waals surface area contributed by atoms with Gasteiger partial charge in [0.25, 0.3) is 0 Å². The third kappa shape index (κ3) is 4.72. The molecule has 1 aromatic carbocycles. The van der Waals surface area contributed by atoms with E-state index in [1.165, 1.54) is 11.1 Å². The van der Waals surface area contributed by atoms with Gasteiger partial charge in [0.05, 0.1) is 17.9 Å². The van der Waals surface area contributed by atoms with Gasteiger partial charge in [-0.3, -0.25) is 10.3 Å². The summed E-state index contributed by atoms with van der Waals surface area (Å²) in [5.74, 6) is 0. The van der Waals surface area contributed by atoms with Crippen molar-refractivity contribution in [3.63, 3.8) is 0 Å². The standard InChI is InChI=1S/C19H22BrN3O2/c1-19(2,3)25-18(24)23-14-5-6-16-12(8-14)4-7-17(16)22-15-9-13(20)10-21-11-15/h5-6,8-11,17,22H,4,7H2,1-3H3,(H,23,24). The number of aryl methyl sites for hydroxylation is 1. The minimum Gasteiger partial charge on any atom is -0.444 e. The van der Waals surface area contributed by atoms with Crippen molar-refractivity contribution in [1.82, 2.24) is 4.98 Å². The van der Waals surface area contributed by atoms with Gasteiger partial charge >= 0.3 is 6.09 Å². The molecule has 25 heavy (non-hydrogen) atoms. The highest BCUT2D eigenvalue weighted by molar-refractivity contribution is 9.10. The van der Waals surface area contributed by atoms with Gasteiger partial charge in [0.2, 0.25) is 0 Å². The van der Waals surface area contributed by atoms with E-state index in [9.17, 15) is 4.79 Å². The second-order valence-corrected chi connectivity index (χ2v) is 8.08. The van der Waals surface area contributed by atoms with E-state index in [2.05, 4.69) is 37.6 Å². The topological polar surface area (TPSA) is 63.2 Å². The predicted octanol–water partition coefficient (Wildman–Crippen LogP) is 5.29.